The quantitative estimate of drug-likeness (QED) is 0.450. The summed E-state index contributed by atoms with van der Waals surface area (Å²) < 4.78 is 4.88. The van der Waals surface area contributed by atoms with Crippen molar-refractivity contribution in [2.45, 2.75) is 43.0 Å². The Morgan fingerprint density at radius 3 is 3.10 bits per heavy atom. The summed E-state index contributed by atoms with van der Waals surface area (Å²) in [7, 11) is 1.62. The average Bonchev–Trinajstić information content (AvgIpc) is 2.95. The van der Waals surface area contributed by atoms with Crippen LogP contribution in [0.5, 0.6) is 0 Å². The second-order valence-electron chi connectivity index (χ2n) is 5.21. The Morgan fingerprint density at radius 1 is 1.45 bits per heavy atom. The third kappa shape index (κ3) is 4.28. The number of urea groups is 1. The monoisotopic (exact) mass is 301 g/mol. The Hall–Kier alpha value is -0.950. The number of carbonyl (C=O) groups excluding carboxylic acids is 2. The lowest BCUT2D eigenvalue weighted by atomic mass is 10.0. The number of hydrogen-bond acceptors (Lipinski definition) is 4. The fraction of sp³-hybridized carbons (Fsp3) is 0.846. The fourth-order valence-corrected chi connectivity index (χ4v) is 4.20. The molecule has 1 unspecified atom stereocenters. The second kappa shape index (κ2) is 7.73. The minimum Gasteiger partial charge on any atom is -0.383 e. The minimum atomic E-state index is -0.0391. The number of unbranched alkanes of at least 4 members (excludes halogenated alkanes) is 1. The van der Waals surface area contributed by atoms with E-state index in [-0.39, 0.29) is 24.0 Å². The number of ether oxygens (including phenoxy) is 1. The molecule has 0 spiro atoms. The van der Waals surface area contributed by atoms with Crippen LogP contribution in [0, 0.1) is 0 Å². The van der Waals surface area contributed by atoms with E-state index in [9.17, 15) is 9.59 Å². The number of rotatable bonds is 8. The predicted molar refractivity (Wildman–Crippen MR) is 78.8 cm³/mol. The SMILES string of the molecule is COCCNC(=O)CCCCC1SC[C@@H]2NC(=O)N[C@H]12. The van der Waals surface area contributed by atoms with Crippen LogP contribution in [0.2, 0.25) is 0 Å². The number of nitrogens with one attached hydrogen (secondary N) is 3. The molecule has 114 valence electrons. The number of thioether (sulfide) groups is 1. The van der Waals surface area contributed by atoms with Gasteiger partial charge >= 0.3 is 6.03 Å². The van der Waals surface area contributed by atoms with Crippen LogP contribution in [0.1, 0.15) is 25.7 Å². The summed E-state index contributed by atoms with van der Waals surface area (Å²) in [4.78, 5) is 22.8. The van der Waals surface area contributed by atoms with Gasteiger partial charge in [-0.1, -0.05) is 6.42 Å². The lowest BCUT2D eigenvalue weighted by Gasteiger charge is -2.16. The van der Waals surface area contributed by atoms with E-state index in [2.05, 4.69) is 16.0 Å². The van der Waals surface area contributed by atoms with Crippen molar-refractivity contribution in [1.29, 1.82) is 0 Å². The van der Waals surface area contributed by atoms with Crippen molar-refractivity contribution < 1.29 is 14.3 Å². The van der Waals surface area contributed by atoms with E-state index in [0.717, 1.165) is 25.0 Å². The maximum absolute atomic E-state index is 11.5. The second-order valence-corrected chi connectivity index (χ2v) is 6.48. The van der Waals surface area contributed by atoms with Gasteiger partial charge in [0.05, 0.1) is 18.7 Å². The lowest BCUT2D eigenvalue weighted by Crippen LogP contribution is -2.36. The molecule has 2 fully saturated rings. The highest BCUT2D eigenvalue weighted by atomic mass is 32.2. The van der Waals surface area contributed by atoms with Gasteiger partial charge in [-0.15, -0.1) is 0 Å². The molecule has 2 rings (SSSR count). The molecule has 0 aromatic carbocycles. The molecule has 2 aliphatic rings. The summed E-state index contributed by atoms with van der Waals surface area (Å²) in [5.41, 5.74) is 0. The molecule has 0 aliphatic carbocycles. The number of fused-ring (bicyclic) bond motifs is 1. The third-order valence-electron chi connectivity index (χ3n) is 3.71. The van der Waals surface area contributed by atoms with Crippen molar-refractivity contribution in [3.8, 4) is 0 Å². The Kier molecular flexibility index (Phi) is 5.97. The number of amides is 3. The third-order valence-corrected chi connectivity index (χ3v) is 5.22. The van der Waals surface area contributed by atoms with Crippen LogP contribution in [-0.4, -0.2) is 55.3 Å². The molecule has 2 aliphatic heterocycles. The number of methoxy groups -OCH3 is 1. The molecule has 0 radical (unpaired) electrons. The summed E-state index contributed by atoms with van der Waals surface area (Å²) >= 11 is 1.92. The van der Waals surface area contributed by atoms with E-state index in [4.69, 9.17) is 4.74 Å². The first-order valence-corrected chi connectivity index (χ1v) is 8.20. The van der Waals surface area contributed by atoms with Gasteiger partial charge in [-0.25, -0.2) is 4.79 Å². The van der Waals surface area contributed by atoms with Gasteiger partial charge in [0.2, 0.25) is 5.91 Å². The zero-order valence-electron chi connectivity index (χ0n) is 11.8. The van der Waals surface area contributed by atoms with Gasteiger partial charge in [0.15, 0.2) is 0 Å². The summed E-state index contributed by atoms with van der Waals surface area (Å²) in [6.45, 7) is 1.13. The van der Waals surface area contributed by atoms with Crippen LogP contribution in [0.25, 0.3) is 0 Å². The van der Waals surface area contributed by atoms with E-state index in [1.54, 1.807) is 7.11 Å². The highest BCUT2D eigenvalue weighted by Gasteiger charge is 2.42. The maximum atomic E-state index is 11.5. The van der Waals surface area contributed by atoms with Gasteiger partial charge in [0.25, 0.3) is 0 Å². The van der Waals surface area contributed by atoms with Crippen molar-refractivity contribution in [2.24, 2.45) is 0 Å². The molecule has 2 heterocycles. The van der Waals surface area contributed by atoms with Crippen molar-refractivity contribution in [2.75, 3.05) is 26.0 Å². The molecule has 3 atom stereocenters. The molecule has 3 N–H and O–H groups in total. The smallest absolute Gasteiger partial charge is 0.315 e. The molecule has 0 saturated carbocycles. The highest BCUT2D eigenvalue weighted by molar-refractivity contribution is 8.00. The molecule has 3 amide bonds. The summed E-state index contributed by atoms with van der Waals surface area (Å²) in [6, 6.07) is 0.515. The van der Waals surface area contributed by atoms with Crippen LogP contribution in [0.3, 0.4) is 0 Å². The first-order chi connectivity index (χ1) is 9.70. The fourth-order valence-electron chi connectivity index (χ4n) is 2.65. The topological polar surface area (TPSA) is 79.5 Å². The van der Waals surface area contributed by atoms with Crippen LogP contribution >= 0.6 is 11.8 Å². The van der Waals surface area contributed by atoms with Crippen molar-refractivity contribution in [1.82, 2.24) is 16.0 Å². The Bertz CT molecular complexity index is 354. The standard InChI is InChI=1S/C13H23N3O3S/c1-19-7-6-14-11(17)5-3-2-4-10-12-9(8-20-10)15-13(18)16-12/h9-10,12H,2-8H2,1H3,(H,14,17)(H2,15,16,18)/t9-,10?,12-/m0/s1. The maximum Gasteiger partial charge on any atom is 0.315 e. The number of hydrogen-bond donors (Lipinski definition) is 3. The van der Waals surface area contributed by atoms with Crippen LogP contribution in [0.4, 0.5) is 4.79 Å². The molecule has 7 heteroatoms. The zero-order chi connectivity index (χ0) is 14.4. The van der Waals surface area contributed by atoms with Crippen LogP contribution in [-0.2, 0) is 9.53 Å². The van der Waals surface area contributed by atoms with E-state index >= 15 is 0 Å². The van der Waals surface area contributed by atoms with Crippen molar-refractivity contribution in [3.05, 3.63) is 0 Å². The predicted octanol–water partition coefficient (Wildman–Crippen LogP) is 0.475. The van der Waals surface area contributed by atoms with Gasteiger partial charge in [-0.3, -0.25) is 4.79 Å². The van der Waals surface area contributed by atoms with Gasteiger partial charge in [0.1, 0.15) is 0 Å². The number of carbonyl (C=O) groups is 2. The van der Waals surface area contributed by atoms with E-state index in [1.807, 2.05) is 11.8 Å². The van der Waals surface area contributed by atoms with Gasteiger partial charge < -0.3 is 20.7 Å². The molecule has 0 aromatic rings. The van der Waals surface area contributed by atoms with Gasteiger partial charge in [-0.2, -0.15) is 11.8 Å². The molecular formula is C13H23N3O3S. The summed E-state index contributed by atoms with van der Waals surface area (Å²) in [6.07, 6.45) is 3.54. The molecule has 20 heavy (non-hydrogen) atoms. The van der Waals surface area contributed by atoms with Crippen molar-refractivity contribution in [3.63, 3.8) is 0 Å². The normalized spacial score (nSPS) is 27.9. The van der Waals surface area contributed by atoms with Crippen LogP contribution < -0.4 is 16.0 Å². The Balaban J connectivity index is 1.55. The summed E-state index contributed by atoms with van der Waals surface area (Å²) in [5, 5.41) is 9.22. The van der Waals surface area contributed by atoms with Crippen LogP contribution in [0.15, 0.2) is 0 Å². The highest BCUT2D eigenvalue weighted by Crippen LogP contribution is 2.33. The largest absolute Gasteiger partial charge is 0.383 e. The van der Waals surface area contributed by atoms with Gasteiger partial charge in [-0.05, 0) is 12.8 Å². The first-order valence-electron chi connectivity index (χ1n) is 7.15. The van der Waals surface area contributed by atoms with E-state index in [0.29, 0.717) is 24.8 Å². The minimum absolute atomic E-state index is 0.0391. The molecule has 0 aromatic heterocycles. The zero-order valence-corrected chi connectivity index (χ0v) is 12.6. The van der Waals surface area contributed by atoms with Gasteiger partial charge in [0, 0.05) is 31.1 Å². The average molecular weight is 301 g/mol. The molecule has 6 nitrogen and oxygen atoms in total. The van der Waals surface area contributed by atoms with E-state index in [1.165, 1.54) is 0 Å². The van der Waals surface area contributed by atoms with Crippen molar-refractivity contribution >= 4 is 23.7 Å². The van der Waals surface area contributed by atoms with E-state index < -0.39 is 0 Å². The Morgan fingerprint density at radius 2 is 2.30 bits per heavy atom. The Labute approximate surface area is 123 Å². The lowest BCUT2D eigenvalue weighted by molar-refractivity contribution is -0.121. The first kappa shape index (κ1) is 15.4. The molecular weight excluding hydrogens is 278 g/mol. The molecule has 0 bridgehead atoms. The molecule has 2 saturated heterocycles. The summed E-state index contributed by atoms with van der Waals surface area (Å²) in [5.74, 6) is 1.08.